The predicted molar refractivity (Wildman–Crippen MR) is 105 cm³/mol. The second kappa shape index (κ2) is 7.00. The van der Waals surface area contributed by atoms with Gasteiger partial charge >= 0.3 is 0 Å². The zero-order valence-corrected chi connectivity index (χ0v) is 16.6. The van der Waals surface area contributed by atoms with Crippen LogP contribution in [0.4, 0.5) is 0 Å². The molecular formula is C18H22ClN5O2S. The molecule has 2 N–H and O–H groups in total. The number of hydrogen-bond donors (Lipinski definition) is 1. The second-order valence-corrected chi connectivity index (χ2v) is 8.49. The van der Waals surface area contributed by atoms with Crippen molar-refractivity contribution in [2.24, 2.45) is 5.73 Å². The maximum atomic E-state index is 12.9. The van der Waals surface area contributed by atoms with Crippen LogP contribution in [-0.4, -0.2) is 19.7 Å². The summed E-state index contributed by atoms with van der Waals surface area (Å²) in [6, 6.07) is 0. The first-order valence-electron chi connectivity index (χ1n) is 9.26. The number of fused-ring (bicyclic) bond motifs is 3. The molecule has 0 spiro atoms. The van der Waals surface area contributed by atoms with Gasteiger partial charge in [0, 0.05) is 17.8 Å². The van der Waals surface area contributed by atoms with Crippen LogP contribution < -0.4 is 11.3 Å². The summed E-state index contributed by atoms with van der Waals surface area (Å²) in [6.45, 7) is 0.478. The van der Waals surface area contributed by atoms with Crippen LogP contribution in [-0.2, 0) is 31.3 Å². The number of halogens is 1. The van der Waals surface area contributed by atoms with Gasteiger partial charge in [0.25, 0.3) is 5.56 Å². The van der Waals surface area contributed by atoms with Crippen molar-refractivity contribution in [3.63, 3.8) is 0 Å². The van der Waals surface area contributed by atoms with E-state index < -0.39 is 5.54 Å². The molecule has 0 atom stereocenters. The van der Waals surface area contributed by atoms with E-state index in [4.69, 9.17) is 10.3 Å². The lowest BCUT2D eigenvalue weighted by atomic mass is 9.77. The number of rotatable bonds is 4. The summed E-state index contributed by atoms with van der Waals surface area (Å²) in [7, 11) is 0. The first-order valence-corrected chi connectivity index (χ1v) is 10.1. The number of nitrogens with zero attached hydrogens (tertiary/aromatic N) is 4. The van der Waals surface area contributed by atoms with Gasteiger partial charge in [0.15, 0.2) is 5.82 Å². The van der Waals surface area contributed by atoms with Crippen molar-refractivity contribution in [3.05, 3.63) is 38.8 Å². The van der Waals surface area contributed by atoms with Crippen LogP contribution in [0.25, 0.3) is 10.2 Å². The van der Waals surface area contributed by atoms with Gasteiger partial charge < -0.3 is 10.3 Å². The lowest BCUT2D eigenvalue weighted by molar-refractivity contribution is 0.229. The molecule has 1 fully saturated rings. The first-order chi connectivity index (χ1) is 12.6. The van der Waals surface area contributed by atoms with Gasteiger partial charge in [-0.15, -0.1) is 23.7 Å². The summed E-state index contributed by atoms with van der Waals surface area (Å²) in [4.78, 5) is 24.1. The Bertz CT molecular complexity index is 1040. The molecule has 144 valence electrons. The number of nitrogens with two attached hydrogens (primary N) is 1. The van der Waals surface area contributed by atoms with E-state index in [1.165, 1.54) is 16.9 Å². The third kappa shape index (κ3) is 3.09. The minimum Gasteiger partial charge on any atom is -0.339 e. The molecule has 0 radical (unpaired) electrons. The molecule has 0 saturated heterocycles. The Morgan fingerprint density at radius 3 is 2.85 bits per heavy atom. The molecule has 0 unspecified atom stereocenters. The molecule has 27 heavy (non-hydrogen) atoms. The van der Waals surface area contributed by atoms with Gasteiger partial charge in [-0.05, 0) is 50.5 Å². The molecular weight excluding hydrogens is 386 g/mol. The monoisotopic (exact) mass is 407 g/mol. The van der Waals surface area contributed by atoms with Crippen LogP contribution in [0.2, 0.25) is 0 Å². The molecule has 3 aromatic heterocycles. The number of aromatic nitrogens is 4. The van der Waals surface area contributed by atoms with Crippen molar-refractivity contribution >= 4 is 34.0 Å². The molecule has 0 aromatic carbocycles. The van der Waals surface area contributed by atoms with Crippen LogP contribution in [0.3, 0.4) is 0 Å². The van der Waals surface area contributed by atoms with E-state index in [0.717, 1.165) is 48.7 Å². The molecule has 2 aliphatic carbocycles. The van der Waals surface area contributed by atoms with Crippen molar-refractivity contribution < 1.29 is 4.52 Å². The number of aryl methyl sites for hydroxylation is 4. The maximum absolute atomic E-state index is 12.9. The average molecular weight is 408 g/mol. The standard InChI is InChI=1S/C18H21N5O2S.ClH/c19-18(7-3-8-18)17-21-13(25-22-17)6-9-23-10-20-15-14(16(23)24)11-4-1-2-5-12(11)26-15;/h10H,1-9,19H2;1H. The Morgan fingerprint density at radius 2 is 2.07 bits per heavy atom. The quantitative estimate of drug-likeness (QED) is 0.713. The topological polar surface area (TPSA) is 99.8 Å². The van der Waals surface area contributed by atoms with Crippen molar-refractivity contribution in [1.82, 2.24) is 19.7 Å². The van der Waals surface area contributed by atoms with Crippen LogP contribution in [0.5, 0.6) is 0 Å². The van der Waals surface area contributed by atoms with Crippen molar-refractivity contribution in [3.8, 4) is 0 Å². The van der Waals surface area contributed by atoms with Gasteiger partial charge in [-0.2, -0.15) is 4.98 Å². The maximum Gasteiger partial charge on any atom is 0.262 e. The van der Waals surface area contributed by atoms with Gasteiger partial charge in [0.1, 0.15) is 4.83 Å². The highest BCUT2D eigenvalue weighted by Gasteiger charge is 2.38. The average Bonchev–Trinajstić information content (AvgIpc) is 3.24. The smallest absolute Gasteiger partial charge is 0.262 e. The highest BCUT2D eigenvalue weighted by Crippen LogP contribution is 2.37. The Kier molecular flexibility index (Phi) is 4.82. The van der Waals surface area contributed by atoms with Gasteiger partial charge in [-0.3, -0.25) is 9.36 Å². The van der Waals surface area contributed by atoms with Crippen LogP contribution >= 0.6 is 23.7 Å². The van der Waals surface area contributed by atoms with Gasteiger partial charge in [0.05, 0.1) is 17.3 Å². The van der Waals surface area contributed by atoms with Gasteiger partial charge in [-0.1, -0.05) is 5.16 Å². The fourth-order valence-corrected chi connectivity index (χ4v) is 5.12. The van der Waals surface area contributed by atoms with E-state index in [1.54, 1.807) is 22.2 Å². The minimum absolute atomic E-state index is 0. The fraction of sp³-hybridized carbons (Fsp3) is 0.556. The zero-order chi connectivity index (χ0) is 17.7. The minimum atomic E-state index is -0.422. The van der Waals surface area contributed by atoms with Crippen LogP contribution in [0.15, 0.2) is 15.6 Å². The molecule has 2 aliphatic rings. The summed E-state index contributed by atoms with van der Waals surface area (Å²) in [5.74, 6) is 1.11. The predicted octanol–water partition coefficient (Wildman–Crippen LogP) is 2.72. The van der Waals surface area contributed by atoms with E-state index in [0.29, 0.717) is 24.7 Å². The summed E-state index contributed by atoms with van der Waals surface area (Å²) in [6.07, 6.45) is 9.46. The number of hydrogen-bond acceptors (Lipinski definition) is 7. The van der Waals surface area contributed by atoms with Crippen LogP contribution in [0, 0.1) is 0 Å². The molecule has 9 heteroatoms. The number of thiophene rings is 1. The third-order valence-corrected chi connectivity index (χ3v) is 6.87. The molecule has 3 heterocycles. The van der Waals surface area contributed by atoms with Crippen molar-refractivity contribution in [2.75, 3.05) is 0 Å². The lowest BCUT2D eigenvalue weighted by Gasteiger charge is -2.34. The molecule has 1 saturated carbocycles. The summed E-state index contributed by atoms with van der Waals surface area (Å²) in [5.41, 5.74) is 7.08. The van der Waals surface area contributed by atoms with E-state index in [9.17, 15) is 4.79 Å². The normalized spacial score (nSPS) is 18.0. The molecule has 5 rings (SSSR count). The molecule has 7 nitrogen and oxygen atoms in total. The highest BCUT2D eigenvalue weighted by molar-refractivity contribution is 7.18. The molecule has 0 bridgehead atoms. The fourth-order valence-electron chi connectivity index (χ4n) is 3.90. The summed E-state index contributed by atoms with van der Waals surface area (Å²) in [5, 5.41) is 4.85. The van der Waals surface area contributed by atoms with E-state index >= 15 is 0 Å². The first kappa shape index (κ1) is 18.6. The van der Waals surface area contributed by atoms with Crippen molar-refractivity contribution in [1.29, 1.82) is 0 Å². The molecule has 3 aromatic rings. The molecule has 0 aliphatic heterocycles. The third-order valence-electron chi connectivity index (χ3n) is 5.67. The summed E-state index contributed by atoms with van der Waals surface area (Å²) < 4.78 is 7.00. The Labute approximate surface area is 166 Å². The Balaban J connectivity index is 0.00000180. The van der Waals surface area contributed by atoms with E-state index in [2.05, 4.69) is 15.1 Å². The second-order valence-electron chi connectivity index (χ2n) is 7.41. The molecule has 0 amide bonds. The van der Waals surface area contributed by atoms with E-state index in [1.807, 2.05) is 0 Å². The van der Waals surface area contributed by atoms with Gasteiger partial charge in [-0.25, -0.2) is 4.98 Å². The zero-order valence-electron chi connectivity index (χ0n) is 14.9. The van der Waals surface area contributed by atoms with E-state index in [-0.39, 0.29) is 18.0 Å². The Hall–Kier alpha value is -1.77. The van der Waals surface area contributed by atoms with Crippen molar-refractivity contribution in [2.45, 2.75) is 63.5 Å². The van der Waals surface area contributed by atoms with Crippen LogP contribution in [0.1, 0.15) is 54.3 Å². The highest BCUT2D eigenvalue weighted by atomic mass is 35.5. The Morgan fingerprint density at radius 1 is 1.26 bits per heavy atom. The lowest BCUT2D eigenvalue weighted by Crippen LogP contribution is -2.44. The van der Waals surface area contributed by atoms with Gasteiger partial charge in [0.2, 0.25) is 5.89 Å². The largest absolute Gasteiger partial charge is 0.339 e. The SMILES string of the molecule is Cl.NC1(c2noc(CCn3cnc4sc5c(c4c3=O)CCCC5)n2)CCC1. The summed E-state index contributed by atoms with van der Waals surface area (Å²) >= 11 is 1.67.